The molecule has 0 fully saturated rings. The topological polar surface area (TPSA) is 59.8 Å². The Balaban J connectivity index is 1.55. The maximum absolute atomic E-state index is 12.2. The van der Waals surface area contributed by atoms with Crippen molar-refractivity contribution in [3.63, 3.8) is 0 Å². The van der Waals surface area contributed by atoms with Crippen molar-refractivity contribution in [1.29, 1.82) is 0 Å². The lowest BCUT2D eigenvalue weighted by Gasteiger charge is -2.12. The summed E-state index contributed by atoms with van der Waals surface area (Å²) in [4.78, 5) is 21.1. The van der Waals surface area contributed by atoms with Gasteiger partial charge < -0.3 is 9.88 Å². The summed E-state index contributed by atoms with van der Waals surface area (Å²) in [5, 5.41) is 2.94. The summed E-state index contributed by atoms with van der Waals surface area (Å²) in [6.45, 7) is 3.39. The minimum absolute atomic E-state index is 0.165. The van der Waals surface area contributed by atoms with Crippen LogP contribution in [-0.2, 0) is 13.0 Å². The van der Waals surface area contributed by atoms with E-state index < -0.39 is 0 Å². The van der Waals surface area contributed by atoms with Gasteiger partial charge in [-0.15, -0.1) is 0 Å². The van der Waals surface area contributed by atoms with Crippen LogP contribution in [0.2, 0.25) is 0 Å². The van der Waals surface area contributed by atoms with Gasteiger partial charge in [-0.1, -0.05) is 42.5 Å². The fraction of sp³-hybridized carbons (Fsp3) is 0.174. The number of hydrogen-bond donors (Lipinski definition) is 1. The normalized spacial score (nSPS) is 10.9. The molecule has 2 aromatic heterocycles. The molecule has 0 saturated heterocycles. The molecule has 0 spiro atoms. The van der Waals surface area contributed by atoms with Gasteiger partial charge in [-0.05, 0) is 42.3 Å². The van der Waals surface area contributed by atoms with Gasteiger partial charge in [-0.25, -0.2) is 4.98 Å². The molecule has 5 heteroatoms. The Morgan fingerprint density at radius 1 is 1.00 bits per heavy atom. The van der Waals surface area contributed by atoms with Gasteiger partial charge in [0.15, 0.2) is 0 Å². The molecule has 0 unspecified atom stereocenters. The summed E-state index contributed by atoms with van der Waals surface area (Å²) >= 11 is 0. The molecule has 2 heterocycles. The van der Waals surface area contributed by atoms with Gasteiger partial charge in [0.25, 0.3) is 5.91 Å². The van der Waals surface area contributed by atoms with Crippen LogP contribution in [0.3, 0.4) is 0 Å². The number of benzene rings is 2. The number of aryl methyl sites for hydroxylation is 1. The molecule has 0 aliphatic carbocycles. The number of para-hydroxylation sites is 2. The lowest BCUT2D eigenvalue weighted by atomic mass is 10.1. The Morgan fingerprint density at radius 2 is 1.79 bits per heavy atom. The van der Waals surface area contributed by atoms with Crippen LogP contribution in [0.4, 0.5) is 0 Å². The fourth-order valence-corrected chi connectivity index (χ4v) is 3.33. The molecule has 140 valence electrons. The number of imidazole rings is 1. The number of aromatic nitrogens is 3. The van der Waals surface area contributed by atoms with E-state index in [0.717, 1.165) is 23.4 Å². The van der Waals surface area contributed by atoms with Gasteiger partial charge >= 0.3 is 0 Å². The average molecular weight is 370 g/mol. The third-order valence-corrected chi connectivity index (χ3v) is 4.86. The van der Waals surface area contributed by atoms with Crippen molar-refractivity contribution >= 4 is 16.9 Å². The second-order valence-corrected chi connectivity index (χ2v) is 6.75. The molecular formula is C23H22N4O. The molecule has 0 aliphatic heterocycles. The number of carbonyl (C=O) groups excluding carboxylic acids is 1. The van der Waals surface area contributed by atoms with Crippen molar-refractivity contribution in [2.45, 2.75) is 19.9 Å². The zero-order chi connectivity index (χ0) is 19.3. The van der Waals surface area contributed by atoms with E-state index in [1.165, 1.54) is 11.1 Å². The third-order valence-electron chi connectivity index (χ3n) is 4.86. The Bertz CT molecular complexity index is 1100. The Labute approximate surface area is 164 Å². The molecule has 5 nitrogen and oxygen atoms in total. The van der Waals surface area contributed by atoms with E-state index in [0.29, 0.717) is 18.7 Å². The minimum Gasteiger partial charge on any atom is -0.350 e. The first-order valence-electron chi connectivity index (χ1n) is 9.40. The predicted molar refractivity (Wildman–Crippen MR) is 110 cm³/mol. The maximum Gasteiger partial charge on any atom is 0.269 e. The zero-order valence-electron chi connectivity index (χ0n) is 15.8. The van der Waals surface area contributed by atoms with E-state index in [-0.39, 0.29) is 5.91 Å². The molecule has 4 aromatic rings. The van der Waals surface area contributed by atoms with Crippen molar-refractivity contribution in [1.82, 2.24) is 19.9 Å². The molecule has 4 rings (SSSR count). The fourth-order valence-electron chi connectivity index (χ4n) is 3.33. The molecule has 2 aromatic carbocycles. The molecule has 1 amide bonds. The predicted octanol–water partition coefficient (Wildman–Crippen LogP) is 3.76. The largest absolute Gasteiger partial charge is 0.350 e. The van der Waals surface area contributed by atoms with Crippen LogP contribution < -0.4 is 5.32 Å². The summed E-state index contributed by atoms with van der Waals surface area (Å²) in [5.74, 6) is 0.799. The quantitative estimate of drug-likeness (QED) is 0.562. The number of nitrogens with zero attached hydrogens (tertiary/aromatic N) is 3. The lowest BCUT2D eigenvalue weighted by Crippen LogP contribution is -2.27. The average Bonchev–Trinajstić information content (AvgIpc) is 3.08. The first kappa shape index (κ1) is 17.9. The van der Waals surface area contributed by atoms with E-state index in [4.69, 9.17) is 4.98 Å². The van der Waals surface area contributed by atoms with Crippen LogP contribution in [0.15, 0.2) is 72.9 Å². The van der Waals surface area contributed by atoms with E-state index in [2.05, 4.69) is 52.1 Å². The number of carbonyl (C=O) groups is 1. The molecule has 0 aliphatic rings. The molecule has 28 heavy (non-hydrogen) atoms. The number of fused-ring (bicyclic) bond motifs is 1. The highest BCUT2D eigenvalue weighted by atomic mass is 16.1. The molecule has 0 radical (unpaired) electrons. The Hall–Kier alpha value is -3.47. The van der Waals surface area contributed by atoms with Crippen molar-refractivity contribution in [2.75, 3.05) is 6.54 Å². The summed E-state index contributed by atoms with van der Waals surface area (Å²) < 4.78 is 2.24. The molecule has 1 N–H and O–H groups in total. The van der Waals surface area contributed by atoms with Crippen molar-refractivity contribution < 1.29 is 4.79 Å². The number of amides is 1. The smallest absolute Gasteiger partial charge is 0.269 e. The van der Waals surface area contributed by atoms with Gasteiger partial charge in [-0.2, -0.15) is 0 Å². The van der Waals surface area contributed by atoms with Gasteiger partial charge in [0.2, 0.25) is 0 Å². The van der Waals surface area contributed by atoms with Crippen LogP contribution >= 0.6 is 0 Å². The monoisotopic (exact) mass is 370 g/mol. The summed E-state index contributed by atoms with van der Waals surface area (Å²) in [6.07, 6.45) is 2.27. The molecule has 0 saturated carbocycles. The zero-order valence-corrected chi connectivity index (χ0v) is 15.8. The number of rotatable bonds is 6. The van der Waals surface area contributed by atoms with Crippen molar-refractivity contribution in [3.8, 4) is 0 Å². The van der Waals surface area contributed by atoms with E-state index in [1.807, 2.05) is 24.3 Å². The van der Waals surface area contributed by atoms with Crippen LogP contribution in [-0.4, -0.2) is 27.0 Å². The third kappa shape index (κ3) is 3.78. The summed E-state index contributed by atoms with van der Waals surface area (Å²) in [6, 6.07) is 21.9. The first-order valence-corrected chi connectivity index (χ1v) is 9.40. The van der Waals surface area contributed by atoms with E-state index in [9.17, 15) is 4.79 Å². The van der Waals surface area contributed by atoms with Gasteiger partial charge in [-0.3, -0.25) is 9.78 Å². The van der Waals surface area contributed by atoms with E-state index in [1.54, 1.807) is 18.3 Å². The summed E-state index contributed by atoms with van der Waals surface area (Å²) in [7, 11) is 0. The van der Waals surface area contributed by atoms with Crippen LogP contribution in [0, 0.1) is 6.92 Å². The molecule has 0 bridgehead atoms. The number of nitrogens with one attached hydrogen (secondary N) is 1. The van der Waals surface area contributed by atoms with Crippen LogP contribution in [0.5, 0.6) is 0 Å². The maximum atomic E-state index is 12.2. The highest BCUT2D eigenvalue weighted by Crippen LogP contribution is 2.19. The Kier molecular flexibility index (Phi) is 5.15. The second-order valence-electron chi connectivity index (χ2n) is 6.75. The van der Waals surface area contributed by atoms with Crippen LogP contribution in [0.1, 0.15) is 27.4 Å². The standard InChI is InChI=1S/C23H22N4O/c1-17-8-2-3-9-18(17)16-27-21-12-5-4-10-19(21)26-22(27)13-15-25-23(28)20-11-6-7-14-24-20/h2-12,14H,13,15-16H2,1H3,(H,25,28). The number of hydrogen-bond acceptors (Lipinski definition) is 3. The minimum atomic E-state index is -0.165. The highest BCUT2D eigenvalue weighted by Gasteiger charge is 2.12. The SMILES string of the molecule is Cc1ccccc1Cn1c(CCNC(=O)c2ccccn2)nc2ccccc21. The van der Waals surface area contributed by atoms with Gasteiger partial charge in [0.1, 0.15) is 11.5 Å². The summed E-state index contributed by atoms with van der Waals surface area (Å²) in [5.41, 5.74) is 5.04. The molecule has 0 atom stereocenters. The molecular weight excluding hydrogens is 348 g/mol. The van der Waals surface area contributed by atoms with Gasteiger partial charge in [0, 0.05) is 25.7 Å². The van der Waals surface area contributed by atoms with Gasteiger partial charge in [0.05, 0.1) is 11.0 Å². The first-order chi connectivity index (χ1) is 13.7. The Morgan fingerprint density at radius 3 is 2.61 bits per heavy atom. The van der Waals surface area contributed by atoms with Crippen molar-refractivity contribution in [2.24, 2.45) is 0 Å². The lowest BCUT2D eigenvalue weighted by molar-refractivity contribution is 0.0949. The number of pyridine rings is 1. The van der Waals surface area contributed by atoms with Crippen LogP contribution in [0.25, 0.3) is 11.0 Å². The van der Waals surface area contributed by atoms with Crippen molar-refractivity contribution in [3.05, 3.63) is 95.6 Å². The van der Waals surface area contributed by atoms with E-state index >= 15 is 0 Å². The highest BCUT2D eigenvalue weighted by molar-refractivity contribution is 5.92. The second kappa shape index (κ2) is 8.05.